The Bertz CT molecular complexity index is 965. The average Bonchev–Trinajstić information content (AvgIpc) is 2.74. The molecule has 0 unspecified atom stereocenters. The van der Waals surface area contributed by atoms with E-state index in [1.54, 1.807) is 19.1 Å². The van der Waals surface area contributed by atoms with Crippen molar-refractivity contribution in [2.24, 2.45) is 0 Å². The molecule has 2 N–H and O–H groups in total. The van der Waals surface area contributed by atoms with Gasteiger partial charge in [0.2, 0.25) is 10.0 Å². The van der Waals surface area contributed by atoms with Crippen molar-refractivity contribution in [2.75, 3.05) is 11.9 Å². The lowest BCUT2D eigenvalue weighted by Gasteiger charge is -2.22. The summed E-state index contributed by atoms with van der Waals surface area (Å²) in [6, 6.07) is 12.4. The van der Waals surface area contributed by atoms with Crippen LogP contribution in [0.5, 0.6) is 5.75 Å². The molecular formula is C23H30N2O4S. The Labute approximate surface area is 179 Å². The quantitative estimate of drug-likeness (QED) is 0.658. The second-order valence-corrected chi connectivity index (χ2v) is 9.48. The molecule has 0 spiro atoms. The van der Waals surface area contributed by atoms with Crippen molar-refractivity contribution in [3.63, 3.8) is 0 Å². The monoisotopic (exact) mass is 430 g/mol. The number of hydrogen-bond donors (Lipinski definition) is 2. The van der Waals surface area contributed by atoms with Crippen molar-refractivity contribution >= 4 is 21.6 Å². The van der Waals surface area contributed by atoms with E-state index >= 15 is 0 Å². The van der Waals surface area contributed by atoms with Gasteiger partial charge < -0.3 is 10.1 Å². The third-order valence-electron chi connectivity index (χ3n) is 5.39. The first-order valence-corrected chi connectivity index (χ1v) is 12.0. The van der Waals surface area contributed by atoms with Gasteiger partial charge in [-0.3, -0.25) is 4.79 Å². The zero-order chi connectivity index (χ0) is 21.6. The molecule has 1 amide bonds. The maximum atomic E-state index is 12.7. The highest BCUT2D eigenvalue weighted by Gasteiger charge is 2.22. The lowest BCUT2D eigenvalue weighted by molar-refractivity contribution is -0.118. The highest BCUT2D eigenvalue weighted by Crippen LogP contribution is 2.24. The molecule has 2 aromatic carbocycles. The summed E-state index contributed by atoms with van der Waals surface area (Å²) in [7, 11) is -3.56. The van der Waals surface area contributed by atoms with E-state index in [0.717, 1.165) is 32.1 Å². The van der Waals surface area contributed by atoms with Crippen LogP contribution in [-0.4, -0.2) is 27.0 Å². The number of hydrogen-bond acceptors (Lipinski definition) is 4. The predicted octanol–water partition coefficient (Wildman–Crippen LogP) is 4.19. The maximum absolute atomic E-state index is 12.7. The topological polar surface area (TPSA) is 84.5 Å². The predicted molar refractivity (Wildman–Crippen MR) is 118 cm³/mol. The van der Waals surface area contributed by atoms with Crippen molar-refractivity contribution < 1.29 is 17.9 Å². The summed E-state index contributed by atoms with van der Waals surface area (Å²) in [5.41, 5.74) is 2.59. The van der Waals surface area contributed by atoms with Crippen LogP contribution in [0.15, 0.2) is 47.4 Å². The first-order chi connectivity index (χ1) is 14.4. The fourth-order valence-electron chi connectivity index (χ4n) is 3.62. The van der Waals surface area contributed by atoms with Crippen LogP contribution in [0.3, 0.4) is 0 Å². The molecule has 6 nitrogen and oxygen atoms in total. The van der Waals surface area contributed by atoms with Crippen molar-refractivity contribution in [2.45, 2.75) is 63.3 Å². The number of rotatable bonds is 8. The molecule has 0 heterocycles. The second-order valence-electron chi connectivity index (χ2n) is 7.77. The van der Waals surface area contributed by atoms with Gasteiger partial charge in [0.1, 0.15) is 5.75 Å². The van der Waals surface area contributed by atoms with Gasteiger partial charge in [-0.1, -0.05) is 38.3 Å². The number of benzene rings is 2. The Morgan fingerprint density at radius 1 is 1.07 bits per heavy atom. The van der Waals surface area contributed by atoms with Crippen molar-refractivity contribution in [3.05, 3.63) is 53.6 Å². The van der Waals surface area contributed by atoms with Crippen LogP contribution in [-0.2, 0) is 21.2 Å². The molecule has 3 rings (SSSR count). The first-order valence-electron chi connectivity index (χ1n) is 10.5. The smallest absolute Gasteiger partial charge is 0.262 e. The van der Waals surface area contributed by atoms with Crippen LogP contribution >= 0.6 is 0 Å². The van der Waals surface area contributed by atoms with E-state index in [1.165, 1.54) is 18.1 Å². The molecule has 0 aliphatic heterocycles. The molecule has 7 heteroatoms. The van der Waals surface area contributed by atoms with Crippen molar-refractivity contribution in [1.29, 1.82) is 0 Å². The molecular weight excluding hydrogens is 400 g/mol. The van der Waals surface area contributed by atoms with Crippen molar-refractivity contribution in [1.82, 2.24) is 4.72 Å². The standard InChI is InChI=1S/C23H30N2O4S/c1-3-18-9-11-19(12-10-18)24-23(26)16-29-22-14-13-21(15-17(22)2)30(27,28)25-20-7-5-4-6-8-20/h9-15,20,25H,3-8,16H2,1-2H3,(H,24,26). The van der Waals surface area contributed by atoms with E-state index in [2.05, 4.69) is 17.0 Å². The number of carbonyl (C=O) groups excluding carboxylic acids is 1. The highest BCUT2D eigenvalue weighted by atomic mass is 32.2. The van der Waals surface area contributed by atoms with Crippen molar-refractivity contribution in [3.8, 4) is 5.75 Å². The summed E-state index contributed by atoms with van der Waals surface area (Å²) >= 11 is 0. The van der Waals surface area contributed by atoms with Gasteiger partial charge in [-0.05, 0) is 67.6 Å². The zero-order valence-corrected chi connectivity index (χ0v) is 18.4. The Morgan fingerprint density at radius 3 is 2.40 bits per heavy atom. The normalized spacial score (nSPS) is 15.0. The third kappa shape index (κ3) is 6.06. The Kier molecular flexibility index (Phi) is 7.50. The van der Waals surface area contributed by atoms with Crippen LogP contribution in [0.25, 0.3) is 0 Å². The summed E-state index contributed by atoms with van der Waals surface area (Å²) in [4.78, 5) is 12.4. The Hall–Kier alpha value is -2.38. The van der Waals surface area contributed by atoms with Crippen LogP contribution < -0.4 is 14.8 Å². The highest BCUT2D eigenvalue weighted by molar-refractivity contribution is 7.89. The van der Waals surface area contributed by atoms with Crippen LogP contribution in [0.2, 0.25) is 0 Å². The minimum Gasteiger partial charge on any atom is -0.483 e. The molecule has 2 aromatic rings. The molecule has 0 radical (unpaired) electrons. The van der Waals surface area contributed by atoms with E-state index in [0.29, 0.717) is 17.0 Å². The van der Waals surface area contributed by atoms with Gasteiger partial charge in [0.25, 0.3) is 5.91 Å². The van der Waals surface area contributed by atoms with E-state index in [-0.39, 0.29) is 23.5 Å². The van der Waals surface area contributed by atoms with Gasteiger partial charge in [-0.2, -0.15) is 0 Å². The van der Waals surface area contributed by atoms with E-state index in [4.69, 9.17) is 4.74 Å². The first kappa shape index (κ1) is 22.3. The van der Waals surface area contributed by atoms with E-state index in [1.807, 2.05) is 24.3 Å². The molecule has 162 valence electrons. The number of carbonyl (C=O) groups is 1. The second kappa shape index (κ2) is 10.1. The van der Waals surface area contributed by atoms with Crippen LogP contribution in [0, 0.1) is 6.92 Å². The molecule has 0 saturated heterocycles. The van der Waals surface area contributed by atoms with Crippen LogP contribution in [0.1, 0.15) is 50.2 Å². The number of aryl methyl sites for hydroxylation is 2. The fraction of sp³-hybridized carbons (Fsp3) is 0.435. The Morgan fingerprint density at radius 2 is 1.77 bits per heavy atom. The average molecular weight is 431 g/mol. The van der Waals surface area contributed by atoms with Crippen LogP contribution in [0.4, 0.5) is 5.69 Å². The minimum atomic E-state index is -3.56. The molecule has 0 aromatic heterocycles. The summed E-state index contributed by atoms with van der Waals surface area (Å²) in [6.45, 7) is 3.70. The summed E-state index contributed by atoms with van der Waals surface area (Å²) in [5, 5.41) is 2.79. The SMILES string of the molecule is CCc1ccc(NC(=O)COc2ccc(S(=O)(=O)NC3CCCCC3)cc2C)cc1. The molecule has 1 aliphatic rings. The van der Waals surface area contributed by atoms with Gasteiger partial charge in [0.15, 0.2) is 6.61 Å². The number of nitrogens with one attached hydrogen (secondary N) is 2. The molecule has 1 aliphatic carbocycles. The summed E-state index contributed by atoms with van der Waals surface area (Å²) in [6.07, 6.45) is 6.00. The largest absolute Gasteiger partial charge is 0.483 e. The molecule has 30 heavy (non-hydrogen) atoms. The number of amides is 1. The lowest BCUT2D eigenvalue weighted by atomic mass is 9.96. The fourth-order valence-corrected chi connectivity index (χ4v) is 5.01. The summed E-state index contributed by atoms with van der Waals surface area (Å²) in [5.74, 6) is 0.220. The maximum Gasteiger partial charge on any atom is 0.262 e. The lowest BCUT2D eigenvalue weighted by Crippen LogP contribution is -2.36. The molecule has 1 saturated carbocycles. The minimum absolute atomic E-state index is 0.00932. The number of ether oxygens (including phenoxy) is 1. The van der Waals surface area contributed by atoms with Gasteiger partial charge >= 0.3 is 0 Å². The van der Waals surface area contributed by atoms with E-state index < -0.39 is 10.0 Å². The number of sulfonamides is 1. The zero-order valence-electron chi connectivity index (χ0n) is 17.6. The molecule has 0 bridgehead atoms. The van der Waals surface area contributed by atoms with Gasteiger partial charge in [0.05, 0.1) is 4.90 Å². The van der Waals surface area contributed by atoms with E-state index in [9.17, 15) is 13.2 Å². The third-order valence-corrected chi connectivity index (χ3v) is 6.91. The summed E-state index contributed by atoms with van der Waals surface area (Å²) < 4.78 is 33.7. The van der Waals surface area contributed by atoms with Gasteiger partial charge in [-0.15, -0.1) is 0 Å². The molecule has 1 fully saturated rings. The van der Waals surface area contributed by atoms with Gasteiger partial charge in [-0.25, -0.2) is 13.1 Å². The Balaban J connectivity index is 1.57. The van der Waals surface area contributed by atoms with Gasteiger partial charge in [0, 0.05) is 11.7 Å². The molecule has 0 atom stereocenters. The number of anilines is 1.